The number of ether oxygens (including phenoxy) is 1. The van der Waals surface area contributed by atoms with Gasteiger partial charge in [0.15, 0.2) is 22.1 Å². The molecule has 4 aromatic rings. The van der Waals surface area contributed by atoms with Gasteiger partial charge >= 0.3 is 0 Å². The number of phenols is 1. The first-order valence-corrected chi connectivity index (χ1v) is 12.1. The number of anilines is 1. The second kappa shape index (κ2) is 7.95. The third-order valence-electron chi connectivity index (χ3n) is 6.30. The van der Waals surface area contributed by atoms with Gasteiger partial charge in [0.2, 0.25) is 5.76 Å². The van der Waals surface area contributed by atoms with Gasteiger partial charge in [-0.25, -0.2) is 4.98 Å². The lowest BCUT2D eigenvalue weighted by Crippen LogP contribution is -2.29. The van der Waals surface area contributed by atoms with Gasteiger partial charge in [-0.05, 0) is 84.6 Å². The summed E-state index contributed by atoms with van der Waals surface area (Å²) in [7, 11) is 1.44. The van der Waals surface area contributed by atoms with Crippen LogP contribution in [0, 0.1) is 27.7 Å². The van der Waals surface area contributed by atoms with E-state index in [1.54, 1.807) is 24.3 Å². The third-order valence-corrected chi connectivity index (χ3v) is 7.97. The maximum Gasteiger partial charge on any atom is 0.297 e. The Morgan fingerprint density at radius 1 is 1.12 bits per heavy atom. The normalized spacial score (nSPS) is 15.3. The molecule has 34 heavy (non-hydrogen) atoms. The van der Waals surface area contributed by atoms with E-state index in [0.717, 1.165) is 21.7 Å². The summed E-state index contributed by atoms with van der Waals surface area (Å²) in [5, 5.41) is 11.2. The number of thiazole rings is 1. The smallest absolute Gasteiger partial charge is 0.297 e. The van der Waals surface area contributed by atoms with Crippen LogP contribution in [-0.4, -0.2) is 23.1 Å². The van der Waals surface area contributed by atoms with Crippen molar-refractivity contribution in [1.82, 2.24) is 4.98 Å². The number of aromatic nitrogens is 1. The number of carbonyl (C=O) groups is 1. The van der Waals surface area contributed by atoms with Crippen molar-refractivity contribution in [3.05, 3.63) is 77.5 Å². The predicted molar refractivity (Wildman–Crippen MR) is 135 cm³/mol. The first kappa shape index (κ1) is 22.6. The Morgan fingerprint density at radius 3 is 2.47 bits per heavy atom. The maximum absolute atomic E-state index is 13.8. The van der Waals surface area contributed by atoms with Crippen molar-refractivity contribution in [2.24, 2.45) is 0 Å². The van der Waals surface area contributed by atoms with Gasteiger partial charge in [-0.1, -0.05) is 0 Å². The molecule has 7 nitrogen and oxygen atoms in total. The molecular formula is C25H21BrN2O5S. The molecule has 0 spiro atoms. The van der Waals surface area contributed by atoms with Gasteiger partial charge in [0.25, 0.3) is 5.91 Å². The molecule has 174 valence electrons. The Labute approximate surface area is 207 Å². The van der Waals surface area contributed by atoms with E-state index in [0.29, 0.717) is 26.1 Å². The molecule has 0 radical (unpaired) electrons. The minimum atomic E-state index is -0.805. The summed E-state index contributed by atoms with van der Waals surface area (Å²) in [5.74, 6) is -0.290. The van der Waals surface area contributed by atoms with Gasteiger partial charge in [0.05, 0.1) is 34.3 Å². The highest BCUT2D eigenvalue weighted by molar-refractivity contribution is 9.10. The van der Waals surface area contributed by atoms with Crippen LogP contribution in [0.25, 0.3) is 11.0 Å². The number of methoxy groups -OCH3 is 1. The fraction of sp³-hybridized carbons (Fsp3) is 0.240. The lowest BCUT2D eigenvalue weighted by atomic mass is 9.97. The van der Waals surface area contributed by atoms with Gasteiger partial charge in [-0.3, -0.25) is 14.5 Å². The first-order chi connectivity index (χ1) is 16.1. The summed E-state index contributed by atoms with van der Waals surface area (Å²) < 4.78 is 11.8. The minimum absolute atomic E-state index is 0.000534. The van der Waals surface area contributed by atoms with Crippen molar-refractivity contribution in [3.63, 3.8) is 0 Å². The van der Waals surface area contributed by atoms with E-state index < -0.39 is 11.9 Å². The number of hydrogen-bond donors (Lipinski definition) is 1. The molecule has 5 rings (SSSR count). The van der Waals surface area contributed by atoms with E-state index in [4.69, 9.17) is 9.15 Å². The summed E-state index contributed by atoms with van der Waals surface area (Å²) in [4.78, 5) is 34.6. The zero-order valence-electron chi connectivity index (χ0n) is 19.1. The van der Waals surface area contributed by atoms with Crippen LogP contribution in [0.4, 0.5) is 5.13 Å². The molecule has 0 aliphatic carbocycles. The number of carbonyl (C=O) groups excluding carboxylic acids is 1. The summed E-state index contributed by atoms with van der Waals surface area (Å²) in [6.45, 7) is 7.67. The van der Waals surface area contributed by atoms with E-state index in [1.807, 2.05) is 27.7 Å². The number of phenolic OH excluding ortho intramolecular Hbond substituents is 1. The molecule has 0 saturated heterocycles. The maximum atomic E-state index is 13.8. The van der Waals surface area contributed by atoms with Crippen molar-refractivity contribution < 1.29 is 19.1 Å². The molecule has 1 aliphatic rings. The molecule has 2 aromatic heterocycles. The van der Waals surface area contributed by atoms with Crippen LogP contribution in [0.1, 0.15) is 49.4 Å². The highest BCUT2D eigenvalue weighted by atomic mass is 79.9. The van der Waals surface area contributed by atoms with E-state index in [2.05, 4.69) is 20.9 Å². The Balaban J connectivity index is 1.86. The number of fused-ring (bicyclic) bond motifs is 2. The summed E-state index contributed by atoms with van der Waals surface area (Å²) in [5.41, 5.74) is 3.65. The van der Waals surface area contributed by atoms with Crippen LogP contribution >= 0.6 is 27.3 Å². The average Bonchev–Trinajstić information content (AvgIpc) is 3.27. The Kier molecular flexibility index (Phi) is 5.29. The number of aromatic hydroxyl groups is 1. The molecule has 1 N–H and O–H groups in total. The van der Waals surface area contributed by atoms with Crippen LogP contribution in [0.3, 0.4) is 0 Å². The number of rotatable bonds is 3. The molecule has 0 fully saturated rings. The van der Waals surface area contributed by atoms with Crippen LogP contribution in [0.2, 0.25) is 0 Å². The van der Waals surface area contributed by atoms with Crippen molar-refractivity contribution in [2.45, 2.75) is 33.7 Å². The molecule has 1 aliphatic heterocycles. The molecule has 0 bridgehead atoms. The molecule has 1 atom stereocenters. The number of hydrogen-bond acceptors (Lipinski definition) is 7. The van der Waals surface area contributed by atoms with Gasteiger partial charge < -0.3 is 14.3 Å². The Bertz CT molecular complexity index is 1550. The molecule has 0 saturated carbocycles. The quantitative estimate of drug-likeness (QED) is 0.357. The monoisotopic (exact) mass is 540 g/mol. The van der Waals surface area contributed by atoms with Crippen molar-refractivity contribution in [1.29, 1.82) is 0 Å². The van der Waals surface area contributed by atoms with Gasteiger partial charge in [-0.15, -0.1) is 11.3 Å². The van der Waals surface area contributed by atoms with E-state index in [-0.39, 0.29) is 28.3 Å². The van der Waals surface area contributed by atoms with Crippen LogP contribution in [0.15, 0.2) is 37.9 Å². The Hall–Kier alpha value is -3.17. The van der Waals surface area contributed by atoms with Crippen molar-refractivity contribution in [2.75, 3.05) is 12.0 Å². The third kappa shape index (κ3) is 3.25. The van der Waals surface area contributed by atoms with Gasteiger partial charge in [0, 0.05) is 4.88 Å². The van der Waals surface area contributed by atoms with Crippen LogP contribution in [0.5, 0.6) is 11.5 Å². The Morgan fingerprint density at radius 2 is 1.82 bits per heavy atom. The molecular weight excluding hydrogens is 520 g/mol. The van der Waals surface area contributed by atoms with E-state index in [9.17, 15) is 14.7 Å². The number of nitrogens with zero attached hydrogens (tertiary/aromatic N) is 2. The van der Waals surface area contributed by atoms with Crippen molar-refractivity contribution in [3.8, 4) is 11.5 Å². The molecule has 9 heteroatoms. The largest absolute Gasteiger partial charge is 0.503 e. The topological polar surface area (TPSA) is 92.9 Å². The average molecular weight is 541 g/mol. The molecule has 2 aromatic carbocycles. The second-order valence-electron chi connectivity index (χ2n) is 8.38. The van der Waals surface area contributed by atoms with Gasteiger partial charge in [0.1, 0.15) is 5.58 Å². The standard InChI is InChI=1S/C25H21BrN2O5S/c1-10-6-15-17(7-11(10)2)33-23-19(21(15)29)20(14-8-16(26)22(30)18(9-14)32-5)28(24(23)31)25-27-12(3)13(4)34-25/h6-9,20,30H,1-5H3. The van der Waals surface area contributed by atoms with Crippen LogP contribution in [-0.2, 0) is 0 Å². The fourth-order valence-corrected chi connectivity index (χ4v) is 5.60. The minimum Gasteiger partial charge on any atom is -0.503 e. The zero-order valence-corrected chi connectivity index (χ0v) is 21.6. The van der Waals surface area contributed by atoms with Gasteiger partial charge in [-0.2, -0.15) is 0 Å². The fourth-order valence-electron chi connectivity index (χ4n) is 4.21. The van der Waals surface area contributed by atoms with Crippen molar-refractivity contribution >= 4 is 49.3 Å². The highest BCUT2D eigenvalue weighted by Crippen LogP contribution is 2.46. The summed E-state index contributed by atoms with van der Waals surface area (Å²) >= 11 is 4.73. The van der Waals surface area contributed by atoms with E-state index >= 15 is 0 Å². The van der Waals surface area contributed by atoms with Crippen LogP contribution < -0.4 is 15.1 Å². The number of aryl methyl sites for hydroxylation is 4. The zero-order chi connectivity index (χ0) is 24.5. The molecule has 1 unspecified atom stereocenters. The number of halogens is 1. The second-order valence-corrected chi connectivity index (χ2v) is 10.4. The SMILES string of the molecule is COc1cc(C2c3c(oc4cc(C)c(C)cc4c3=O)C(=O)N2c2nc(C)c(C)s2)cc(Br)c1O. The lowest BCUT2D eigenvalue weighted by molar-refractivity contribution is 0.0971. The molecule has 1 amide bonds. The molecule has 3 heterocycles. The lowest BCUT2D eigenvalue weighted by Gasteiger charge is -2.23. The first-order valence-electron chi connectivity index (χ1n) is 10.5. The number of amides is 1. The predicted octanol–water partition coefficient (Wildman–Crippen LogP) is 5.71. The van der Waals surface area contributed by atoms with E-state index in [1.165, 1.54) is 23.3 Å². The number of benzene rings is 2. The summed E-state index contributed by atoms with van der Waals surface area (Å²) in [6.07, 6.45) is 0. The highest BCUT2D eigenvalue weighted by Gasteiger charge is 2.45. The summed E-state index contributed by atoms with van der Waals surface area (Å²) in [6, 6.07) is 6.08.